The van der Waals surface area contributed by atoms with E-state index in [1.807, 2.05) is 18.7 Å². The van der Waals surface area contributed by atoms with E-state index in [1.54, 1.807) is 6.08 Å². The molecule has 0 spiro atoms. The molecule has 2 bridgehead atoms. The first-order valence-electron chi connectivity index (χ1n) is 12.3. The molecule has 4 heterocycles. The second-order valence-electron chi connectivity index (χ2n) is 10.1. The van der Waals surface area contributed by atoms with Crippen LogP contribution in [0.5, 0.6) is 5.88 Å². The minimum Gasteiger partial charge on any atom is -0.494 e. The molecule has 5 rings (SSSR count). The molecule has 2 amide bonds. The van der Waals surface area contributed by atoms with Gasteiger partial charge in [-0.1, -0.05) is 13.8 Å². The number of rotatable bonds is 6. The summed E-state index contributed by atoms with van der Waals surface area (Å²) < 4.78 is 8.16. The predicted molar refractivity (Wildman–Crippen MR) is 129 cm³/mol. The van der Waals surface area contributed by atoms with E-state index < -0.39 is 17.3 Å². The van der Waals surface area contributed by atoms with Crippen molar-refractivity contribution in [3.05, 3.63) is 27.6 Å². The molecule has 2 saturated heterocycles. The highest BCUT2D eigenvalue weighted by atomic mass is 16.5. The number of piperidine rings is 1. The van der Waals surface area contributed by atoms with Gasteiger partial charge in [0.05, 0.1) is 30.9 Å². The zero-order valence-corrected chi connectivity index (χ0v) is 20.1. The van der Waals surface area contributed by atoms with Crippen molar-refractivity contribution in [1.29, 1.82) is 0 Å². The van der Waals surface area contributed by atoms with Gasteiger partial charge in [-0.2, -0.15) is 4.52 Å². The van der Waals surface area contributed by atoms with Crippen molar-refractivity contribution < 1.29 is 19.4 Å². The summed E-state index contributed by atoms with van der Waals surface area (Å²) in [6.45, 7) is 5.28. The van der Waals surface area contributed by atoms with Crippen molar-refractivity contribution in [3.63, 3.8) is 0 Å². The van der Waals surface area contributed by atoms with E-state index >= 15 is 0 Å². The largest absolute Gasteiger partial charge is 0.494 e. The molecule has 1 saturated carbocycles. The number of morpholine rings is 1. The lowest BCUT2D eigenvalue weighted by molar-refractivity contribution is -0.145. The number of nitrogen functional groups attached to an aromatic ring is 1. The Morgan fingerprint density at radius 3 is 2.54 bits per heavy atom. The molecule has 0 aromatic carbocycles. The van der Waals surface area contributed by atoms with Crippen molar-refractivity contribution in [1.82, 2.24) is 24.4 Å². The van der Waals surface area contributed by atoms with Crippen molar-refractivity contribution in [3.8, 4) is 5.88 Å². The second-order valence-corrected chi connectivity index (χ2v) is 10.1. The van der Waals surface area contributed by atoms with E-state index in [-0.39, 0.29) is 47.0 Å². The molecule has 11 nitrogen and oxygen atoms in total. The number of aromatic nitrogens is 3. The van der Waals surface area contributed by atoms with Crippen LogP contribution in [0.2, 0.25) is 0 Å². The summed E-state index contributed by atoms with van der Waals surface area (Å²) in [6, 6.07) is 0.121. The molecule has 35 heavy (non-hydrogen) atoms. The lowest BCUT2D eigenvalue weighted by Crippen LogP contribution is -2.56. The summed E-state index contributed by atoms with van der Waals surface area (Å²) in [5, 5.41) is 18.0. The van der Waals surface area contributed by atoms with Crippen LogP contribution in [0.4, 0.5) is 5.82 Å². The third-order valence-corrected chi connectivity index (χ3v) is 6.88. The fourth-order valence-electron chi connectivity index (χ4n) is 5.09. The van der Waals surface area contributed by atoms with Gasteiger partial charge in [0.25, 0.3) is 11.5 Å². The zero-order chi connectivity index (χ0) is 24.9. The van der Waals surface area contributed by atoms with Gasteiger partial charge in [-0.3, -0.25) is 19.0 Å². The third-order valence-electron chi connectivity index (χ3n) is 6.88. The molecule has 2 aromatic rings. The average Bonchev–Trinajstić information content (AvgIpc) is 3.55. The number of anilines is 1. The van der Waals surface area contributed by atoms with Crippen LogP contribution in [0.25, 0.3) is 11.7 Å². The standard InChI is InChI=1S/C24H32N6O5/c1-13(2)10-28-22-17(8-9-18(31)29-15-4-3-5-16(29)12-35-11-15)20(25)27-30(22)24(34)19(23(28)33)21(32)26-14-6-7-14/h8-9,13-16,33H,3-7,10-12H2,1-2H3,(H2,25,27)(H,26,32). The van der Waals surface area contributed by atoms with E-state index in [0.717, 1.165) is 36.6 Å². The number of nitrogens with zero attached hydrogens (tertiary/aromatic N) is 4. The van der Waals surface area contributed by atoms with Crippen molar-refractivity contribution in [2.45, 2.75) is 70.6 Å². The van der Waals surface area contributed by atoms with Crippen LogP contribution in [0.3, 0.4) is 0 Å². The Labute approximate surface area is 202 Å². The Hall–Kier alpha value is -3.34. The van der Waals surface area contributed by atoms with Gasteiger partial charge in [0, 0.05) is 18.7 Å². The molecular formula is C24H32N6O5. The van der Waals surface area contributed by atoms with Crippen LogP contribution in [0.15, 0.2) is 10.9 Å². The van der Waals surface area contributed by atoms with Gasteiger partial charge in [0.2, 0.25) is 11.8 Å². The molecule has 2 atom stereocenters. The van der Waals surface area contributed by atoms with Crippen LogP contribution < -0.4 is 16.6 Å². The minimum atomic E-state index is -0.754. The zero-order valence-electron chi connectivity index (χ0n) is 20.1. The summed E-state index contributed by atoms with van der Waals surface area (Å²) in [5.41, 5.74) is 5.66. The van der Waals surface area contributed by atoms with Crippen LogP contribution in [-0.4, -0.2) is 67.3 Å². The summed E-state index contributed by atoms with van der Waals surface area (Å²) in [6.07, 6.45) is 7.56. The monoisotopic (exact) mass is 484 g/mol. The van der Waals surface area contributed by atoms with E-state index in [1.165, 1.54) is 10.6 Å². The SMILES string of the molecule is CC(C)Cn1c(O)c(C(=O)NC2CC2)c(=O)n2nc(N)c(C=CC(=O)N3C4CCCC3COC4)c12. The molecular weight excluding hydrogens is 452 g/mol. The number of amides is 2. The van der Waals surface area contributed by atoms with Gasteiger partial charge < -0.3 is 25.8 Å². The maximum absolute atomic E-state index is 13.2. The van der Waals surface area contributed by atoms with Crippen LogP contribution in [0, 0.1) is 5.92 Å². The first kappa shape index (κ1) is 23.4. The van der Waals surface area contributed by atoms with Crippen molar-refractivity contribution >= 4 is 29.4 Å². The van der Waals surface area contributed by atoms with Gasteiger partial charge in [-0.05, 0) is 44.1 Å². The number of nitrogens with one attached hydrogen (secondary N) is 1. The van der Waals surface area contributed by atoms with E-state index in [4.69, 9.17) is 10.5 Å². The van der Waals surface area contributed by atoms with Crippen molar-refractivity contribution in [2.24, 2.45) is 5.92 Å². The number of carbonyl (C=O) groups is 2. The molecule has 2 unspecified atom stereocenters. The van der Waals surface area contributed by atoms with Crippen LogP contribution >= 0.6 is 0 Å². The number of fused-ring (bicyclic) bond motifs is 3. The first-order chi connectivity index (χ1) is 16.8. The molecule has 11 heteroatoms. The van der Waals surface area contributed by atoms with Gasteiger partial charge in [0.1, 0.15) is 0 Å². The number of hydrogen-bond donors (Lipinski definition) is 3. The smallest absolute Gasteiger partial charge is 0.291 e. The van der Waals surface area contributed by atoms with Crippen LogP contribution in [0.1, 0.15) is 61.9 Å². The highest BCUT2D eigenvalue weighted by molar-refractivity contribution is 5.97. The third kappa shape index (κ3) is 4.29. The normalized spacial score (nSPS) is 22.3. The highest BCUT2D eigenvalue weighted by Crippen LogP contribution is 2.29. The van der Waals surface area contributed by atoms with E-state index in [2.05, 4.69) is 10.4 Å². The maximum atomic E-state index is 13.2. The Kier molecular flexibility index (Phi) is 6.04. The fraction of sp³-hybridized carbons (Fsp3) is 0.583. The van der Waals surface area contributed by atoms with Gasteiger partial charge >= 0.3 is 0 Å². The molecule has 2 aromatic heterocycles. The predicted octanol–water partition coefficient (Wildman–Crippen LogP) is 1.13. The quantitative estimate of drug-likeness (QED) is 0.521. The van der Waals surface area contributed by atoms with Gasteiger partial charge in [0.15, 0.2) is 17.0 Å². The Morgan fingerprint density at radius 2 is 1.91 bits per heavy atom. The molecule has 1 aliphatic carbocycles. The number of hydrogen-bond acceptors (Lipinski definition) is 7. The Balaban J connectivity index is 1.57. The molecule has 3 fully saturated rings. The summed E-state index contributed by atoms with van der Waals surface area (Å²) in [4.78, 5) is 41.0. The molecule has 2 aliphatic heterocycles. The lowest BCUT2D eigenvalue weighted by atomic mass is 9.94. The number of carbonyl (C=O) groups excluding carboxylic acids is 2. The van der Waals surface area contributed by atoms with E-state index in [0.29, 0.717) is 25.3 Å². The number of aromatic hydroxyl groups is 1. The molecule has 4 N–H and O–H groups in total. The van der Waals surface area contributed by atoms with Gasteiger partial charge in [-0.15, -0.1) is 5.10 Å². The number of ether oxygens (including phenoxy) is 1. The summed E-state index contributed by atoms with van der Waals surface area (Å²) in [5.74, 6) is -1.10. The lowest BCUT2D eigenvalue weighted by Gasteiger charge is -2.45. The summed E-state index contributed by atoms with van der Waals surface area (Å²) in [7, 11) is 0. The second kappa shape index (κ2) is 9.03. The molecule has 0 radical (unpaired) electrons. The molecule has 188 valence electrons. The van der Waals surface area contributed by atoms with E-state index in [9.17, 15) is 19.5 Å². The first-order valence-corrected chi connectivity index (χ1v) is 12.3. The average molecular weight is 485 g/mol. The minimum absolute atomic E-state index is 0.0161. The van der Waals surface area contributed by atoms with Crippen molar-refractivity contribution in [2.75, 3.05) is 18.9 Å². The maximum Gasteiger partial charge on any atom is 0.291 e. The Bertz CT molecular complexity index is 1240. The van der Waals surface area contributed by atoms with Gasteiger partial charge in [-0.25, -0.2) is 0 Å². The highest BCUT2D eigenvalue weighted by Gasteiger charge is 2.37. The Morgan fingerprint density at radius 1 is 1.23 bits per heavy atom. The fourth-order valence-corrected chi connectivity index (χ4v) is 5.09. The molecule has 3 aliphatic rings. The topological polar surface area (TPSA) is 144 Å². The number of nitrogens with two attached hydrogens (primary N) is 1. The van der Waals surface area contributed by atoms with Crippen LogP contribution in [-0.2, 0) is 16.1 Å². The summed E-state index contributed by atoms with van der Waals surface area (Å²) >= 11 is 0.